The van der Waals surface area contributed by atoms with E-state index in [1.807, 2.05) is 0 Å². The van der Waals surface area contributed by atoms with E-state index in [1.54, 1.807) is 11.3 Å². The lowest BCUT2D eigenvalue weighted by molar-refractivity contribution is 0.123. The van der Waals surface area contributed by atoms with Gasteiger partial charge in [-0.15, -0.1) is 5.10 Å². The number of thioether (sulfide) groups is 1. The van der Waals surface area contributed by atoms with Crippen LogP contribution in [0, 0.1) is 0 Å². The second kappa shape index (κ2) is 6.72. The minimum Gasteiger partial charge on any atom is -0.300 e. The summed E-state index contributed by atoms with van der Waals surface area (Å²) in [6, 6.07) is 3.47. The Balaban J connectivity index is 1.37. The first-order valence-electron chi connectivity index (χ1n) is 8.16. The van der Waals surface area contributed by atoms with Crippen molar-refractivity contribution in [2.75, 3.05) is 24.6 Å². The standard InChI is InChI=1S/C16H22N4S2/c1-6-19(14-4-9-21-10-5-14)7-2-15(1)20-11-16(17-18-20)13-3-8-22-12-13/h3,8,11-12,14-15H,1-2,4-7,9-10H2. The van der Waals surface area contributed by atoms with E-state index in [0.717, 1.165) is 11.7 Å². The van der Waals surface area contributed by atoms with Crippen molar-refractivity contribution in [1.29, 1.82) is 0 Å². The molecule has 2 saturated heterocycles. The first kappa shape index (κ1) is 14.7. The predicted molar refractivity (Wildman–Crippen MR) is 93.5 cm³/mol. The van der Waals surface area contributed by atoms with Gasteiger partial charge in [-0.1, -0.05) is 5.21 Å². The van der Waals surface area contributed by atoms with Gasteiger partial charge in [0.2, 0.25) is 0 Å². The van der Waals surface area contributed by atoms with Crippen LogP contribution in [0.3, 0.4) is 0 Å². The molecule has 0 radical (unpaired) electrons. The molecule has 2 fully saturated rings. The van der Waals surface area contributed by atoms with Gasteiger partial charge in [-0.05, 0) is 48.6 Å². The van der Waals surface area contributed by atoms with Crippen molar-refractivity contribution >= 4 is 23.1 Å². The first-order chi connectivity index (χ1) is 10.9. The molecular formula is C16H22N4S2. The molecule has 0 aliphatic carbocycles. The summed E-state index contributed by atoms with van der Waals surface area (Å²) < 4.78 is 2.10. The van der Waals surface area contributed by atoms with Crippen molar-refractivity contribution in [3.63, 3.8) is 0 Å². The first-order valence-corrected chi connectivity index (χ1v) is 10.3. The highest BCUT2D eigenvalue weighted by atomic mass is 32.2. The lowest BCUT2D eigenvalue weighted by Crippen LogP contribution is -2.43. The molecule has 0 atom stereocenters. The van der Waals surface area contributed by atoms with Crippen LogP contribution in [-0.2, 0) is 0 Å². The molecule has 0 amide bonds. The molecule has 2 aromatic rings. The minimum atomic E-state index is 0.522. The molecular weight excluding hydrogens is 312 g/mol. The summed E-state index contributed by atoms with van der Waals surface area (Å²) in [6.07, 6.45) is 7.29. The van der Waals surface area contributed by atoms with Gasteiger partial charge in [0.25, 0.3) is 0 Å². The quantitative estimate of drug-likeness (QED) is 0.860. The maximum absolute atomic E-state index is 4.38. The van der Waals surface area contributed by atoms with Gasteiger partial charge in [-0.3, -0.25) is 0 Å². The molecule has 0 unspecified atom stereocenters. The van der Waals surface area contributed by atoms with Gasteiger partial charge in [-0.2, -0.15) is 23.1 Å². The topological polar surface area (TPSA) is 34.0 Å². The number of piperidine rings is 1. The lowest BCUT2D eigenvalue weighted by atomic mass is 10.0. The normalized spacial score (nSPS) is 22.2. The van der Waals surface area contributed by atoms with Crippen LogP contribution in [0.2, 0.25) is 0 Å². The van der Waals surface area contributed by atoms with E-state index in [0.29, 0.717) is 6.04 Å². The highest BCUT2D eigenvalue weighted by Crippen LogP contribution is 2.29. The van der Waals surface area contributed by atoms with Gasteiger partial charge in [0.05, 0.1) is 12.2 Å². The zero-order valence-electron chi connectivity index (χ0n) is 12.7. The molecule has 4 rings (SSSR count). The summed E-state index contributed by atoms with van der Waals surface area (Å²) in [5.41, 5.74) is 2.20. The summed E-state index contributed by atoms with van der Waals surface area (Å²) >= 11 is 3.82. The molecule has 0 aromatic carbocycles. The minimum absolute atomic E-state index is 0.522. The van der Waals surface area contributed by atoms with E-state index in [-0.39, 0.29) is 0 Å². The van der Waals surface area contributed by atoms with Crippen LogP contribution in [0.25, 0.3) is 11.3 Å². The second-order valence-electron chi connectivity index (χ2n) is 6.21. The molecule has 0 N–H and O–H groups in total. The van der Waals surface area contributed by atoms with Crippen molar-refractivity contribution in [1.82, 2.24) is 19.9 Å². The Hall–Kier alpha value is -0.850. The largest absolute Gasteiger partial charge is 0.300 e. The fraction of sp³-hybridized carbons (Fsp3) is 0.625. The fourth-order valence-electron chi connectivity index (χ4n) is 3.56. The molecule has 4 nitrogen and oxygen atoms in total. The Bertz CT molecular complexity index is 581. The number of hydrogen-bond acceptors (Lipinski definition) is 5. The summed E-state index contributed by atoms with van der Waals surface area (Å²) in [4.78, 5) is 2.72. The Morgan fingerprint density at radius 3 is 2.59 bits per heavy atom. The number of thiophene rings is 1. The SMILES string of the molecule is c1cc(-c2cn(C3CCN(C4CCSCC4)CC3)nn2)cs1. The van der Waals surface area contributed by atoms with Crippen LogP contribution >= 0.6 is 23.1 Å². The Morgan fingerprint density at radius 2 is 1.86 bits per heavy atom. The van der Waals surface area contributed by atoms with Gasteiger partial charge in [0.15, 0.2) is 0 Å². The maximum Gasteiger partial charge on any atom is 0.113 e. The third-order valence-corrected chi connectivity index (χ3v) is 6.64. The maximum atomic E-state index is 4.38. The van der Waals surface area contributed by atoms with E-state index in [2.05, 4.69) is 54.7 Å². The zero-order valence-corrected chi connectivity index (χ0v) is 14.4. The highest BCUT2D eigenvalue weighted by Gasteiger charge is 2.27. The Kier molecular flexibility index (Phi) is 4.50. The molecule has 4 heterocycles. The smallest absolute Gasteiger partial charge is 0.113 e. The van der Waals surface area contributed by atoms with Crippen LogP contribution in [0.5, 0.6) is 0 Å². The van der Waals surface area contributed by atoms with Gasteiger partial charge >= 0.3 is 0 Å². The van der Waals surface area contributed by atoms with Gasteiger partial charge in [-0.25, -0.2) is 4.68 Å². The van der Waals surface area contributed by atoms with Crippen molar-refractivity contribution in [2.24, 2.45) is 0 Å². The zero-order chi connectivity index (χ0) is 14.8. The fourth-order valence-corrected chi connectivity index (χ4v) is 5.29. The molecule has 0 spiro atoms. The van der Waals surface area contributed by atoms with E-state index in [4.69, 9.17) is 0 Å². The van der Waals surface area contributed by atoms with Gasteiger partial charge < -0.3 is 4.90 Å². The van der Waals surface area contributed by atoms with E-state index >= 15 is 0 Å². The van der Waals surface area contributed by atoms with Gasteiger partial charge in [0.1, 0.15) is 5.69 Å². The predicted octanol–water partition coefficient (Wildman–Crippen LogP) is 3.54. The number of aromatic nitrogens is 3. The summed E-state index contributed by atoms with van der Waals surface area (Å²) in [7, 11) is 0. The van der Waals surface area contributed by atoms with Gasteiger partial charge in [0, 0.05) is 30.1 Å². The second-order valence-corrected chi connectivity index (χ2v) is 8.21. The van der Waals surface area contributed by atoms with Crippen molar-refractivity contribution in [2.45, 2.75) is 37.8 Å². The molecule has 22 heavy (non-hydrogen) atoms. The van der Waals surface area contributed by atoms with E-state index in [9.17, 15) is 0 Å². The van der Waals surface area contributed by atoms with Crippen molar-refractivity contribution < 1.29 is 0 Å². The average molecular weight is 335 g/mol. The van der Waals surface area contributed by atoms with Crippen LogP contribution in [0.15, 0.2) is 23.0 Å². The molecule has 2 aliphatic heterocycles. The van der Waals surface area contributed by atoms with E-state index < -0.39 is 0 Å². The van der Waals surface area contributed by atoms with Crippen LogP contribution in [-0.4, -0.2) is 50.5 Å². The molecule has 0 bridgehead atoms. The number of likely N-dealkylation sites (tertiary alicyclic amines) is 1. The molecule has 2 aromatic heterocycles. The van der Waals surface area contributed by atoms with Crippen LogP contribution in [0.4, 0.5) is 0 Å². The van der Waals surface area contributed by atoms with Crippen LogP contribution in [0.1, 0.15) is 31.7 Å². The Labute approximate surface area is 139 Å². The lowest BCUT2D eigenvalue weighted by Gasteiger charge is -2.39. The van der Waals surface area contributed by atoms with Crippen molar-refractivity contribution in [3.8, 4) is 11.3 Å². The Morgan fingerprint density at radius 1 is 1.05 bits per heavy atom. The molecule has 0 saturated carbocycles. The third kappa shape index (κ3) is 3.09. The monoisotopic (exact) mass is 334 g/mol. The molecule has 2 aliphatic rings. The van der Waals surface area contributed by atoms with Crippen molar-refractivity contribution in [3.05, 3.63) is 23.0 Å². The third-order valence-electron chi connectivity index (χ3n) is 4.91. The average Bonchev–Trinajstić information content (AvgIpc) is 3.27. The number of rotatable bonds is 3. The number of nitrogens with zero attached hydrogens (tertiary/aromatic N) is 4. The summed E-state index contributed by atoms with van der Waals surface area (Å²) in [5, 5.41) is 13.0. The molecule has 118 valence electrons. The summed E-state index contributed by atoms with van der Waals surface area (Å²) in [6.45, 7) is 2.43. The summed E-state index contributed by atoms with van der Waals surface area (Å²) in [5.74, 6) is 2.69. The van der Waals surface area contributed by atoms with Crippen LogP contribution < -0.4 is 0 Å². The molecule has 6 heteroatoms. The van der Waals surface area contributed by atoms with E-state index in [1.165, 1.54) is 55.8 Å². The highest BCUT2D eigenvalue weighted by molar-refractivity contribution is 7.99. The number of hydrogen-bond donors (Lipinski definition) is 0.